The van der Waals surface area contributed by atoms with E-state index in [1.807, 2.05) is 0 Å². The predicted octanol–water partition coefficient (Wildman–Crippen LogP) is -3.29. The zero-order valence-electron chi connectivity index (χ0n) is 26.9. The number of aliphatic hydroxyl groups excluding tert-OH is 10. The van der Waals surface area contributed by atoms with Gasteiger partial charge in [-0.3, -0.25) is 4.79 Å². The van der Waals surface area contributed by atoms with Crippen LogP contribution in [0.25, 0.3) is 22.3 Å². The number of aliphatic hydroxyl groups is 10. The number of ether oxygens (including phenoxy) is 5. The van der Waals surface area contributed by atoms with Gasteiger partial charge in [0, 0.05) is 17.7 Å². The van der Waals surface area contributed by atoms with Crippen LogP contribution >= 0.6 is 0 Å². The molecule has 1 aromatic heterocycles. The summed E-state index contributed by atoms with van der Waals surface area (Å²) in [6.07, 6.45) is -26.1. The van der Waals surface area contributed by atoms with E-state index in [9.17, 15) is 61.0 Å². The molecule has 0 spiro atoms. The van der Waals surface area contributed by atoms with E-state index in [1.165, 1.54) is 6.92 Å². The van der Waals surface area contributed by atoms with E-state index in [1.54, 1.807) is 30.3 Å². The summed E-state index contributed by atoms with van der Waals surface area (Å²) < 4.78 is 34.8. The summed E-state index contributed by atoms with van der Waals surface area (Å²) in [5, 5.41) is 116. The van der Waals surface area contributed by atoms with Gasteiger partial charge in [-0.15, -0.1) is 0 Å². The molecule has 280 valence electrons. The van der Waals surface area contributed by atoms with Gasteiger partial charge in [-0.1, -0.05) is 30.3 Å². The fourth-order valence-electron chi connectivity index (χ4n) is 6.46. The predicted molar refractivity (Wildman–Crippen MR) is 168 cm³/mol. The highest BCUT2D eigenvalue weighted by molar-refractivity contribution is 5.88. The summed E-state index contributed by atoms with van der Waals surface area (Å²) in [7, 11) is 0. The number of hydrogen-bond acceptors (Lipinski definition) is 18. The molecule has 15 atom stereocenters. The van der Waals surface area contributed by atoms with Crippen molar-refractivity contribution in [2.24, 2.45) is 0 Å². The Hall–Kier alpha value is -3.31. The second-order valence-electron chi connectivity index (χ2n) is 12.7. The largest absolute Gasteiger partial charge is 0.506 e. The van der Waals surface area contributed by atoms with Gasteiger partial charge >= 0.3 is 0 Å². The van der Waals surface area contributed by atoms with Crippen LogP contribution in [0.15, 0.2) is 51.7 Å². The summed E-state index contributed by atoms with van der Waals surface area (Å²) in [6, 6.07) is 10.6. The van der Waals surface area contributed by atoms with Gasteiger partial charge in [-0.25, -0.2) is 0 Å². The van der Waals surface area contributed by atoms with Gasteiger partial charge in [0.05, 0.1) is 24.9 Å². The molecule has 3 aliphatic heterocycles. The van der Waals surface area contributed by atoms with Crippen molar-refractivity contribution in [3.63, 3.8) is 0 Å². The highest BCUT2D eigenvalue weighted by atomic mass is 16.7. The lowest BCUT2D eigenvalue weighted by Gasteiger charge is -2.46. The first-order valence-corrected chi connectivity index (χ1v) is 16.1. The van der Waals surface area contributed by atoms with Crippen molar-refractivity contribution in [1.29, 1.82) is 0 Å². The second-order valence-corrected chi connectivity index (χ2v) is 12.7. The van der Waals surface area contributed by atoms with Crippen molar-refractivity contribution >= 4 is 11.0 Å². The number of fused-ring (bicyclic) bond motifs is 1. The SMILES string of the molecule is C[C@@H]1O[C@@H](O[C@@H]2[C@@H](O)[C@H](O)[C@@H](CO)O[C@H]2c2c(O[C@@H]3O[C@H](CO)[C@@H](O)[C@H](O)[C@H]3O)cc3oc(-c4ccccc4)cc(=O)c3c2O)[C@H](O)[C@H](O)[C@H]1O. The first-order valence-electron chi connectivity index (χ1n) is 16.1. The molecule has 3 aliphatic rings. The molecular weight excluding hydrogens is 684 g/mol. The molecule has 2 aromatic carbocycles. The van der Waals surface area contributed by atoms with Crippen LogP contribution in [-0.4, -0.2) is 155 Å². The van der Waals surface area contributed by atoms with Crippen LogP contribution in [0.1, 0.15) is 18.6 Å². The summed E-state index contributed by atoms with van der Waals surface area (Å²) in [5.41, 5.74) is -1.06. The van der Waals surface area contributed by atoms with Crippen molar-refractivity contribution in [2.45, 2.75) is 98.9 Å². The molecule has 0 amide bonds. The monoisotopic (exact) mass is 724 g/mol. The number of benzene rings is 2. The van der Waals surface area contributed by atoms with Crippen LogP contribution in [0.2, 0.25) is 0 Å². The average Bonchev–Trinajstić information content (AvgIpc) is 3.12. The van der Waals surface area contributed by atoms with Crippen molar-refractivity contribution in [3.8, 4) is 22.8 Å². The van der Waals surface area contributed by atoms with Crippen LogP contribution in [0.5, 0.6) is 11.5 Å². The molecule has 3 fully saturated rings. The maximum Gasteiger partial charge on any atom is 0.229 e. The summed E-state index contributed by atoms with van der Waals surface area (Å²) in [6.45, 7) is -0.336. The van der Waals surface area contributed by atoms with Crippen LogP contribution in [0, 0.1) is 0 Å². The van der Waals surface area contributed by atoms with Gasteiger partial charge in [0.2, 0.25) is 6.29 Å². The van der Waals surface area contributed by atoms with Gasteiger partial charge in [-0.2, -0.15) is 0 Å². The van der Waals surface area contributed by atoms with Gasteiger partial charge < -0.3 is 84.3 Å². The first kappa shape index (κ1) is 37.4. The Labute approximate surface area is 288 Å². The smallest absolute Gasteiger partial charge is 0.229 e. The Balaban J connectivity index is 1.52. The molecule has 51 heavy (non-hydrogen) atoms. The van der Waals surface area contributed by atoms with Crippen molar-refractivity contribution in [3.05, 3.63) is 58.3 Å². The van der Waals surface area contributed by atoms with Crippen LogP contribution in [0.4, 0.5) is 0 Å². The normalized spacial score (nSPS) is 38.8. The van der Waals surface area contributed by atoms with E-state index < -0.39 is 133 Å². The molecule has 4 heterocycles. The third-order valence-corrected chi connectivity index (χ3v) is 9.40. The van der Waals surface area contributed by atoms with E-state index in [0.29, 0.717) is 5.56 Å². The molecule has 18 nitrogen and oxygen atoms in total. The van der Waals surface area contributed by atoms with Gasteiger partial charge in [0.15, 0.2) is 11.7 Å². The number of aromatic hydroxyl groups is 1. The standard InChI is InChI=1S/C33H40O18/c1-11-21(37)25(41)28(44)32(46-11)51-31-27(43)23(39)17(9-34)48-30(31)20-16(49-33-29(45)26(42)22(38)18(10-35)50-33)8-15-19(24(20)40)13(36)7-14(47-15)12-5-3-2-4-6-12/h2-8,11,17-18,21-23,25-35,37-45H,9-10H2,1H3/t11-,17+,18+,21-,22+,23+,25+,26-,27-,28+,29+,30-,31+,32-,33+/m0/s1. The molecule has 0 aliphatic carbocycles. The Morgan fingerprint density at radius 1 is 0.706 bits per heavy atom. The lowest BCUT2D eigenvalue weighted by atomic mass is 9.89. The Morgan fingerprint density at radius 2 is 1.31 bits per heavy atom. The Kier molecular flexibility index (Phi) is 11.0. The Bertz CT molecular complexity index is 1720. The minimum atomic E-state index is -1.98. The summed E-state index contributed by atoms with van der Waals surface area (Å²) in [4.78, 5) is 13.6. The van der Waals surface area contributed by atoms with Gasteiger partial charge in [0.1, 0.15) is 101 Å². The molecule has 0 bridgehead atoms. The highest BCUT2D eigenvalue weighted by Crippen LogP contribution is 2.47. The fourth-order valence-corrected chi connectivity index (χ4v) is 6.46. The fraction of sp³-hybridized carbons (Fsp3) is 0.545. The lowest BCUT2D eigenvalue weighted by molar-refractivity contribution is -0.338. The first-order chi connectivity index (χ1) is 24.3. The average molecular weight is 725 g/mol. The summed E-state index contributed by atoms with van der Waals surface area (Å²) in [5.74, 6) is -1.30. The quantitative estimate of drug-likeness (QED) is 0.108. The molecule has 0 radical (unpaired) electrons. The minimum absolute atomic E-state index is 0.0753. The van der Waals surface area contributed by atoms with Crippen LogP contribution in [0.3, 0.4) is 0 Å². The van der Waals surface area contributed by atoms with Gasteiger partial charge in [-0.05, 0) is 6.92 Å². The molecule has 18 heteroatoms. The maximum absolute atomic E-state index is 13.6. The number of hydrogen-bond donors (Lipinski definition) is 11. The molecule has 0 saturated carbocycles. The lowest BCUT2D eigenvalue weighted by Crippen LogP contribution is -2.62. The zero-order chi connectivity index (χ0) is 36.9. The Morgan fingerprint density at radius 3 is 1.98 bits per heavy atom. The zero-order valence-corrected chi connectivity index (χ0v) is 26.9. The van der Waals surface area contributed by atoms with Gasteiger partial charge in [0.25, 0.3) is 0 Å². The molecule has 0 unspecified atom stereocenters. The number of phenols is 1. The van der Waals surface area contributed by atoms with Crippen molar-refractivity contribution in [2.75, 3.05) is 13.2 Å². The number of rotatable bonds is 8. The molecule has 11 N–H and O–H groups in total. The van der Waals surface area contributed by atoms with E-state index >= 15 is 0 Å². The molecule has 6 rings (SSSR count). The van der Waals surface area contributed by atoms with E-state index in [-0.39, 0.29) is 11.3 Å². The maximum atomic E-state index is 13.6. The molecular formula is C33H40O18. The number of phenolic OH excluding ortho intramolecular Hbond substituents is 1. The minimum Gasteiger partial charge on any atom is -0.506 e. The van der Waals surface area contributed by atoms with Crippen molar-refractivity contribution in [1.82, 2.24) is 0 Å². The van der Waals surface area contributed by atoms with Crippen LogP contribution in [-0.2, 0) is 18.9 Å². The highest BCUT2D eigenvalue weighted by Gasteiger charge is 2.52. The van der Waals surface area contributed by atoms with E-state index in [2.05, 4.69) is 0 Å². The third-order valence-electron chi connectivity index (χ3n) is 9.40. The molecule has 3 aromatic rings. The third kappa shape index (κ3) is 6.85. The topological polar surface area (TPSA) is 299 Å². The van der Waals surface area contributed by atoms with E-state index in [4.69, 9.17) is 28.1 Å². The second kappa shape index (κ2) is 15.0. The van der Waals surface area contributed by atoms with Crippen molar-refractivity contribution < 1.29 is 84.3 Å². The molecule has 3 saturated heterocycles. The van der Waals surface area contributed by atoms with Crippen LogP contribution < -0.4 is 10.2 Å². The van der Waals surface area contributed by atoms with E-state index in [0.717, 1.165) is 12.1 Å². The summed E-state index contributed by atoms with van der Waals surface area (Å²) >= 11 is 0.